The van der Waals surface area contributed by atoms with Crippen LogP contribution >= 0.6 is 0 Å². The summed E-state index contributed by atoms with van der Waals surface area (Å²) < 4.78 is 5.12. The van der Waals surface area contributed by atoms with Crippen LogP contribution in [0.2, 0.25) is 0 Å². The number of aliphatic carboxylic acids is 1. The molecule has 1 saturated heterocycles. The van der Waals surface area contributed by atoms with Gasteiger partial charge in [0, 0.05) is 19.6 Å². The van der Waals surface area contributed by atoms with Crippen LogP contribution in [0.5, 0.6) is 0 Å². The van der Waals surface area contributed by atoms with Crippen LogP contribution in [0.3, 0.4) is 0 Å². The fourth-order valence-corrected chi connectivity index (χ4v) is 1.63. The van der Waals surface area contributed by atoms with E-state index in [1.54, 1.807) is 6.92 Å². The first kappa shape index (κ1) is 13.4. The van der Waals surface area contributed by atoms with Gasteiger partial charge >= 0.3 is 5.97 Å². The van der Waals surface area contributed by atoms with Gasteiger partial charge in [0.05, 0.1) is 12.2 Å². The van der Waals surface area contributed by atoms with Crippen LogP contribution in [0, 0.1) is 5.92 Å². The minimum Gasteiger partial charge on any atom is -0.479 e. The third kappa shape index (κ3) is 3.43. The van der Waals surface area contributed by atoms with E-state index in [9.17, 15) is 9.90 Å². The monoisotopic (exact) mass is 231 g/mol. The number of β-amino-alcohol motifs (C(OH)–C–C–N with tert-alkyl or cyclic N) is 1. The summed E-state index contributed by atoms with van der Waals surface area (Å²) in [6.07, 6.45) is -0.767. The van der Waals surface area contributed by atoms with Crippen molar-refractivity contribution in [1.29, 1.82) is 0 Å². The summed E-state index contributed by atoms with van der Waals surface area (Å²) in [5, 5.41) is 19.0. The van der Waals surface area contributed by atoms with Crippen molar-refractivity contribution < 1.29 is 19.7 Å². The number of carbonyl (C=O) groups is 1. The Hall–Kier alpha value is -0.650. The zero-order chi connectivity index (χ0) is 12.3. The van der Waals surface area contributed by atoms with Gasteiger partial charge in [0.15, 0.2) is 6.10 Å². The molecule has 0 bridgehead atoms. The summed E-state index contributed by atoms with van der Waals surface area (Å²) in [6.45, 7) is 7.60. The van der Waals surface area contributed by atoms with Gasteiger partial charge in [0.1, 0.15) is 0 Å². The third-order valence-corrected chi connectivity index (χ3v) is 3.21. The van der Waals surface area contributed by atoms with Crippen molar-refractivity contribution in [3.63, 3.8) is 0 Å². The lowest BCUT2D eigenvalue weighted by Crippen LogP contribution is -2.52. The second-order valence-corrected chi connectivity index (χ2v) is 4.94. The molecule has 1 fully saturated rings. The first-order valence-electron chi connectivity index (χ1n) is 5.62. The number of carboxylic acids is 1. The third-order valence-electron chi connectivity index (χ3n) is 3.21. The molecular weight excluding hydrogens is 210 g/mol. The normalized spacial score (nSPS) is 26.7. The van der Waals surface area contributed by atoms with Crippen LogP contribution in [-0.2, 0) is 9.53 Å². The van der Waals surface area contributed by atoms with Gasteiger partial charge in [-0.3, -0.25) is 4.90 Å². The molecule has 2 N–H and O–H groups in total. The summed E-state index contributed by atoms with van der Waals surface area (Å²) in [5.74, 6) is -0.799. The fraction of sp³-hybridized carbons (Fsp3) is 0.909. The van der Waals surface area contributed by atoms with E-state index >= 15 is 0 Å². The average Bonchev–Trinajstić information content (AvgIpc) is 2.17. The number of aliphatic hydroxyl groups is 1. The summed E-state index contributed by atoms with van der Waals surface area (Å²) in [4.78, 5) is 12.7. The van der Waals surface area contributed by atoms with Crippen LogP contribution in [0.4, 0.5) is 0 Å². The molecule has 1 aliphatic heterocycles. The molecule has 1 heterocycles. The van der Waals surface area contributed by atoms with Gasteiger partial charge in [-0.25, -0.2) is 4.79 Å². The lowest BCUT2D eigenvalue weighted by Gasteiger charge is -2.37. The standard InChI is InChI=1S/C11H21NO4/c1-8(2)11(3,15)7-12-4-5-16-9(6-12)10(13)14/h8-9,15H,4-7H2,1-3H3,(H,13,14). The number of hydrogen-bond acceptors (Lipinski definition) is 4. The van der Waals surface area contributed by atoms with E-state index in [1.165, 1.54) is 0 Å². The minimum absolute atomic E-state index is 0.138. The summed E-state index contributed by atoms with van der Waals surface area (Å²) in [7, 11) is 0. The van der Waals surface area contributed by atoms with E-state index in [1.807, 2.05) is 18.7 Å². The summed E-state index contributed by atoms with van der Waals surface area (Å²) in [6, 6.07) is 0. The maximum Gasteiger partial charge on any atom is 0.334 e. The first-order valence-corrected chi connectivity index (χ1v) is 5.62. The Morgan fingerprint density at radius 1 is 1.62 bits per heavy atom. The van der Waals surface area contributed by atoms with Crippen LogP contribution in [0.1, 0.15) is 20.8 Å². The van der Waals surface area contributed by atoms with Gasteiger partial charge in [-0.05, 0) is 12.8 Å². The Bertz CT molecular complexity index is 252. The van der Waals surface area contributed by atoms with Crippen LogP contribution < -0.4 is 0 Å². The zero-order valence-electron chi connectivity index (χ0n) is 10.1. The molecule has 5 nitrogen and oxygen atoms in total. The molecular formula is C11H21NO4. The molecule has 0 aromatic carbocycles. The SMILES string of the molecule is CC(C)C(C)(O)CN1CCOC(C(=O)O)C1. The van der Waals surface area contributed by atoms with Crippen molar-refractivity contribution in [1.82, 2.24) is 4.90 Å². The highest BCUT2D eigenvalue weighted by molar-refractivity contribution is 5.72. The van der Waals surface area contributed by atoms with E-state index in [2.05, 4.69) is 0 Å². The Morgan fingerprint density at radius 3 is 2.75 bits per heavy atom. The molecule has 5 heteroatoms. The van der Waals surface area contributed by atoms with Crippen molar-refractivity contribution in [2.24, 2.45) is 5.92 Å². The Balaban J connectivity index is 2.52. The van der Waals surface area contributed by atoms with Gasteiger partial charge in [-0.1, -0.05) is 13.8 Å². The Labute approximate surface area is 96.0 Å². The lowest BCUT2D eigenvalue weighted by molar-refractivity contribution is -0.158. The molecule has 0 amide bonds. The van der Waals surface area contributed by atoms with Crippen LogP contribution in [-0.4, -0.2) is 59.0 Å². The average molecular weight is 231 g/mol. The molecule has 0 spiro atoms. The van der Waals surface area contributed by atoms with Crippen molar-refractivity contribution in [2.75, 3.05) is 26.2 Å². The number of rotatable bonds is 4. The minimum atomic E-state index is -0.936. The number of ether oxygens (including phenoxy) is 1. The smallest absolute Gasteiger partial charge is 0.334 e. The molecule has 2 unspecified atom stereocenters. The summed E-state index contributed by atoms with van der Waals surface area (Å²) in [5.41, 5.74) is -0.791. The molecule has 0 aliphatic carbocycles. The van der Waals surface area contributed by atoms with Crippen molar-refractivity contribution in [2.45, 2.75) is 32.5 Å². The molecule has 16 heavy (non-hydrogen) atoms. The maximum absolute atomic E-state index is 10.8. The van der Waals surface area contributed by atoms with Crippen molar-refractivity contribution in [3.05, 3.63) is 0 Å². The Kier molecular flexibility index (Phi) is 4.29. The van der Waals surface area contributed by atoms with E-state index in [0.717, 1.165) is 0 Å². The van der Waals surface area contributed by atoms with Crippen molar-refractivity contribution in [3.8, 4) is 0 Å². The van der Waals surface area contributed by atoms with E-state index in [-0.39, 0.29) is 5.92 Å². The number of morpholine rings is 1. The van der Waals surface area contributed by atoms with Crippen LogP contribution in [0.25, 0.3) is 0 Å². The second kappa shape index (κ2) is 5.12. The summed E-state index contributed by atoms with van der Waals surface area (Å²) >= 11 is 0. The number of carboxylic acid groups (broad SMARTS) is 1. The van der Waals surface area contributed by atoms with Gasteiger partial charge in [-0.2, -0.15) is 0 Å². The second-order valence-electron chi connectivity index (χ2n) is 4.94. The maximum atomic E-state index is 10.8. The van der Waals surface area contributed by atoms with Crippen molar-refractivity contribution >= 4 is 5.97 Å². The van der Waals surface area contributed by atoms with E-state index in [0.29, 0.717) is 26.2 Å². The number of nitrogens with zero attached hydrogens (tertiary/aromatic N) is 1. The molecule has 0 aromatic heterocycles. The van der Waals surface area contributed by atoms with Gasteiger partial charge in [-0.15, -0.1) is 0 Å². The topological polar surface area (TPSA) is 70.0 Å². The van der Waals surface area contributed by atoms with Gasteiger partial charge < -0.3 is 14.9 Å². The van der Waals surface area contributed by atoms with Gasteiger partial charge in [0.25, 0.3) is 0 Å². The molecule has 94 valence electrons. The first-order chi connectivity index (χ1) is 7.33. The van der Waals surface area contributed by atoms with E-state index < -0.39 is 17.7 Å². The molecule has 1 rings (SSSR count). The highest BCUT2D eigenvalue weighted by Gasteiger charge is 2.32. The highest BCUT2D eigenvalue weighted by Crippen LogP contribution is 2.19. The molecule has 2 atom stereocenters. The largest absolute Gasteiger partial charge is 0.479 e. The quantitative estimate of drug-likeness (QED) is 0.722. The van der Waals surface area contributed by atoms with Gasteiger partial charge in [0.2, 0.25) is 0 Å². The molecule has 1 aliphatic rings. The van der Waals surface area contributed by atoms with E-state index in [4.69, 9.17) is 9.84 Å². The van der Waals surface area contributed by atoms with Crippen LogP contribution in [0.15, 0.2) is 0 Å². The number of hydrogen-bond donors (Lipinski definition) is 2. The zero-order valence-corrected chi connectivity index (χ0v) is 10.1. The Morgan fingerprint density at radius 2 is 2.25 bits per heavy atom. The predicted molar refractivity (Wildman–Crippen MR) is 59.3 cm³/mol. The molecule has 0 radical (unpaired) electrons. The molecule has 0 saturated carbocycles. The predicted octanol–water partition coefficient (Wildman–Crippen LogP) is 0.179. The lowest BCUT2D eigenvalue weighted by atomic mass is 9.92. The molecule has 0 aromatic rings. The fourth-order valence-electron chi connectivity index (χ4n) is 1.63. The highest BCUT2D eigenvalue weighted by atomic mass is 16.5.